The molecule has 1 aliphatic heterocycles. The SMILES string of the molecule is CCCCOCCOCCOCCOCCOCCOCCOCCN1C(=O)c2ccccc2C1=O. The molecule has 1 aliphatic rings. The van der Waals surface area contributed by atoms with Crippen LogP contribution in [0.25, 0.3) is 0 Å². The van der Waals surface area contributed by atoms with Crippen LogP contribution in [0, 0.1) is 0 Å². The minimum atomic E-state index is -0.270. The van der Waals surface area contributed by atoms with E-state index in [9.17, 15) is 9.59 Å². The molecular formula is C26H41NO9. The number of carbonyl (C=O) groups excluding carboxylic acids is 2. The zero-order chi connectivity index (χ0) is 25.7. The van der Waals surface area contributed by atoms with Crippen molar-refractivity contribution >= 4 is 11.8 Å². The van der Waals surface area contributed by atoms with Gasteiger partial charge in [-0.05, 0) is 18.6 Å². The number of imide groups is 1. The molecule has 0 bridgehead atoms. The Morgan fingerprint density at radius 2 is 0.861 bits per heavy atom. The second-order valence-corrected chi connectivity index (χ2v) is 7.95. The first-order valence-electron chi connectivity index (χ1n) is 12.7. The number of rotatable bonds is 24. The van der Waals surface area contributed by atoms with Crippen molar-refractivity contribution in [3.63, 3.8) is 0 Å². The van der Waals surface area contributed by atoms with Crippen molar-refractivity contribution < 1.29 is 42.7 Å². The second-order valence-electron chi connectivity index (χ2n) is 7.95. The van der Waals surface area contributed by atoms with Gasteiger partial charge in [-0.2, -0.15) is 0 Å². The van der Waals surface area contributed by atoms with Gasteiger partial charge in [0.25, 0.3) is 11.8 Å². The lowest BCUT2D eigenvalue weighted by Crippen LogP contribution is -2.33. The second kappa shape index (κ2) is 20.2. The summed E-state index contributed by atoms with van der Waals surface area (Å²) in [6, 6.07) is 6.83. The Hall–Kier alpha value is -1.92. The third kappa shape index (κ3) is 12.4. The first kappa shape index (κ1) is 30.3. The van der Waals surface area contributed by atoms with E-state index in [1.54, 1.807) is 24.3 Å². The van der Waals surface area contributed by atoms with Crippen LogP contribution in [-0.2, 0) is 33.2 Å². The van der Waals surface area contributed by atoms with E-state index >= 15 is 0 Å². The van der Waals surface area contributed by atoms with Gasteiger partial charge in [0.15, 0.2) is 0 Å². The number of nitrogens with zero attached hydrogens (tertiary/aromatic N) is 1. The van der Waals surface area contributed by atoms with Crippen LogP contribution in [0.3, 0.4) is 0 Å². The lowest BCUT2D eigenvalue weighted by Gasteiger charge is -2.13. The minimum Gasteiger partial charge on any atom is -0.379 e. The highest BCUT2D eigenvalue weighted by Crippen LogP contribution is 2.21. The molecule has 0 radical (unpaired) electrons. The predicted octanol–water partition coefficient (Wildman–Crippen LogP) is 2.20. The maximum atomic E-state index is 12.2. The zero-order valence-electron chi connectivity index (χ0n) is 21.5. The summed E-state index contributed by atoms with van der Waals surface area (Å²) in [5.74, 6) is -0.540. The number of benzene rings is 1. The quantitative estimate of drug-likeness (QED) is 0.153. The number of hydrogen-bond donors (Lipinski definition) is 0. The number of carbonyl (C=O) groups is 2. The molecule has 0 fully saturated rings. The monoisotopic (exact) mass is 511 g/mol. The highest BCUT2D eigenvalue weighted by molar-refractivity contribution is 6.21. The Balaban J connectivity index is 1.26. The third-order valence-electron chi connectivity index (χ3n) is 5.21. The fourth-order valence-electron chi connectivity index (χ4n) is 3.27. The van der Waals surface area contributed by atoms with E-state index in [2.05, 4.69) is 6.92 Å². The molecule has 2 rings (SSSR count). The van der Waals surface area contributed by atoms with Crippen molar-refractivity contribution in [2.45, 2.75) is 19.8 Å². The average Bonchev–Trinajstić information content (AvgIpc) is 3.14. The molecule has 0 aromatic heterocycles. The van der Waals surface area contributed by atoms with Crippen LogP contribution >= 0.6 is 0 Å². The molecule has 0 aliphatic carbocycles. The van der Waals surface area contributed by atoms with Crippen molar-refractivity contribution in [3.05, 3.63) is 35.4 Å². The minimum absolute atomic E-state index is 0.225. The van der Waals surface area contributed by atoms with Gasteiger partial charge < -0.3 is 33.2 Å². The summed E-state index contributed by atoms with van der Waals surface area (Å²) in [5.41, 5.74) is 0.898. The average molecular weight is 512 g/mol. The first-order valence-corrected chi connectivity index (χ1v) is 12.7. The standard InChI is InChI=1S/C26H41NO9/c1-2-3-9-30-11-13-32-15-17-34-19-21-36-22-20-35-18-16-33-14-12-31-10-8-27-25(28)23-6-4-5-7-24(23)26(27)29/h4-7H,2-3,8-22H2,1H3. The van der Waals surface area contributed by atoms with Gasteiger partial charge in [0.2, 0.25) is 0 Å². The topological polar surface area (TPSA) is 102 Å². The highest BCUT2D eigenvalue weighted by atomic mass is 16.6. The van der Waals surface area contributed by atoms with E-state index in [0.29, 0.717) is 90.4 Å². The van der Waals surface area contributed by atoms with Gasteiger partial charge in [0, 0.05) is 6.61 Å². The molecule has 10 nitrogen and oxygen atoms in total. The molecule has 0 saturated carbocycles. The fourth-order valence-corrected chi connectivity index (χ4v) is 3.27. The Labute approximate surface area is 214 Å². The molecule has 1 aromatic carbocycles. The Morgan fingerprint density at radius 3 is 1.22 bits per heavy atom. The molecular weight excluding hydrogens is 470 g/mol. The molecule has 1 heterocycles. The molecule has 1 aromatic rings. The van der Waals surface area contributed by atoms with E-state index in [-0.39, 0.29) is 25.0 Å². The molecule has 2 amide bonds. The Morgan fingerprint density at radius 1 is 0.528 bits per heavy atom. The summed E-state index contributed by atoms with van der Waals surface area (Å²) >= 11 is 0. The smallest absolute Gasteiger partial charge is 0.261 e. The Kier molecular flexibility index (Phi) is 17.0. The van der Waals surface area contributed by atoms with Crippen LogP contribution in [0.15, 0.2) is 24.3 Å². The summed E-state index contributed by atoms with van der Waals surface area (Å²) in [6.45, 7) is 9.47. The van der Waals surface area contributed by atoms with Crippen LogP contribution in [0.1, 0.15) is 40.5 Å². The molecule has 0 saturated heterocycles. The van der Waals surface area contributed by atoms with Gasteiger partial charge >= 0.3 is 0 Å². The van der Waals surface area contributed by atoms with Gasteiger partial charge in [-0.3, -0.25) is 14.5 Å². The fraction of sp³-hybridized carbons (Fsp3) is 0.692. The van der Waals surface area contributed by atoms with Crippen LogP contribution in [0.2, 0.25) is 0 Å². The van der Waals surface area contributed by atoms with Crippen LogP contribution < -0.4 is 0 Å². The molecule has 0 unspecified atom stereocenters. The summed E-state index contributed by atoms with van der Waals surface area (Å²) in [7, 11) is 0. The van der Waals surface area contributed by atoms with Gasteiger partial charge in [-0.1, -0.05) is 25.5 Å². The summed E-state index contributed by atoms with van der Waals surface area (Å²) in [6.07, 6.45) is 2.23. The van der Waals surface area contributed by atoms with Crippen molar-refractivity contribution in [2.75, 3.05) is 99.0 Å². The largest absolute Gasteiger partial charge is 0.379 e. The van der Waals surface area contributed by atoms with Crippen molar-refractivity contribution in [2.24, 2.45) is 0 Å². The summed E-state index contributed by atoms with van der Waals surface area (Å²) in [5, 5.41) is 0. The van der Waals surface area contributed by atoms with Crippen LogP contribution in [0.5, 0.6) is 0 Å². The van der Waals surface area contributed by atoms with E-state index in [1.165, 1.54) is 4.90 Å². The molecule has 0 atom stereocenters. The molecule has 0 N–H and O–H groups in total. The van der Waals surface area contributed by atoms with E-state index in [4.69, 9.17) is 33.2 Å². The number of fused-ring (bicyclic) bond motifs is 1. The molecule has 0 spiro atoms. The molecule has 10 heteroatoms. The maximum absolute atomic E-state index is 12.2. The van der Waals surface area contributed by atoms with Crippen molar-refractivity contribution in [1.29, 1.82) is 0 Å². The van der Waals surface area contributed by atoms with E-state index < -0.39 is 0 Å². The van der Waals surface area contributed by atoms with Gasteiger partial charge in [0.1, 0.15) is 0 Å². The lowest BCUT2D eigenvalue weighted by atomic mass is 10.1. The highest BCUT2D eigenvalue weighted by Gasteiger charge is 2.34. The number of hydrogen-bond acceptors (Lipinski definition) is 9. The lowest BCUT2D eigenvalue weighted by molar-refractivity contribution is -0.0208. The Bertz CT molecular complexity index is 696. The number of ether oxygens (including phenoxy) is 7. The summed E-state index contributed by atoms with van der Waals surface area (Å²) < 4.78 is 38.1. The number of amides is 2. The normalized spacial score (nSPS) is 13.1. The van der Waals surface area contributed by atoms with E-state index in [1.807, 2.05) is 0 Å². The van der Waals surface area contributed by atoms with Crippen LogP contribution in [0.4, 0.5) is 0 Å². The molecule has 204 valence electrons. The van der Waals surface area contributed by atoms with Crippen molar-refractivity contribution in [1.82, 2.24) is 4.90 Å². The maximum Gasteiger partial charge on any atom is 0.261 e. The molecule has 36 heavy (non-hydrogen) atoms. The predicted molar refractivity (Wildman–Crippen MR) is 132 cm³/mol. The van der Waals surface area contributed by atoms with Gasteiger partial charge in [-0.15, -0.1) is 0 Å². The third-order valence-corrected chi connectivity index (χ3v) is 5.21. The van der Waals surface area contributed by atoms with E-state index in [0.717, 1.165) is 19.4 Å². The van der Waals surface area contributed by atoms with Crippen molar-refractivity contribution in [3.8, 4) is 0 Å². The first-order chi connectivity index (χ1) is 17.8. The summed E-state index contributed by atoms with van der Waals surface area (Å²) in [4.78, 5) is 25.7. The van der Waals surface area contributed by atoms with Crippen LogP contribution in [-0.4, -0.2) is 116 Å². The zero-order valence-corrected chi connectivity index (χ0v) is 21.5. The van der Waals surface area contributed by atoms with Gasteiger partial charge in [0.05, 0.1) is 104 Å². The van der Waals surface area contributed by atoms with Gasteiger partial charge in [-0.25, -0.2) is 0 Å². The number of unbranched alkanes of at least 4 members (excludes halogenated alkanes) is 1.